The molecule has 3 nitrogen and oxygen atoms in total. The molecule has 0 saturated heterocycles. The third kappa shape index (κ3) is 2.86. The lowest BCUT2D eigenvalue weighted by molar-refractivity contribution is -0.176. The van der Waals surface area contributed by atoms with E-state index < -0.39 is 11.7 Å². The SMILES string of the molecule is [N-]=[N+]=NC(c1ccc(Cl)cc1)(c1ccc(Cl)cc1)C(F)(F)F. The Labute approximate surface area is 133 Å². The Balaban J connectivity index is 2.80. The predicted octanol–water partition coefficient (Wildman–Crippen LogP) is 6.11. The summed E-state index contributed by atoms with van der Waals surface area (Å²) in [6, 6.07) is 9.94. The molecule has 0 bridgehead atoms. The topological polar surface area (TPSA) is 48.8 Å². The molecule has 0 aliphatic rings. The fraction of sp³-hybridized carbons (Fsp3) is 0.143. The number of nitrogens with zero attached hydrogens (tertiary/aromatic N) is 3. The van der Waals surface area contributed by atoms with E-state index in [0.29, 0.717) is 0 Å². The lowest BCUT2D eigenvalue weighted by atomic mass is 9.83. The van der Waals surface area contributed by atoms with Gasteiger partial charge in [-0.25, -0.2) is 0 Å². The van der Waals surface area contributed by atoms with Crippen molar-refractivity contribution in [2.45, 2.75) is 11.7 Å². The van der Waals surface area contributed by atoms with Crippen LogP contribution in [-0.4, -0.2) is 6.18 Å². The van der Waals surface area contributed by atoms with E-state index in [1.54, 1.807) is 0 Å². The average Bonchev–Trinajstić information content (AvgIpc) is 2.45. The normalized spacial score (nSPS) is 11.9. The van der Waals surface area contributed by atoms with Crippen molar-refractivity contribution < 1.29 is 13.2 Å². The number of benzene rings is 2. The van der Waals surface area contributed by atoms with Gasteiger partial charge in [0.2, 0.25) is 0 Å². The third-order valence-corrected chi connectivity index (χ3v) is 3.63. The van der Waals surface area contributed by atoms with Gasteiger partial charge in [0, 0.05) is 15.0 Å². The fourth-order valence-corrected chi connectivity index (χ4v) is 2.37. The van der Waals surface area contributed by atoms with E-state index in [1.807, 2.05) is 0 Å². The maximum Gasteiger partial charge on any atom is 0.408 e. The smallest absolute Gasteiger partial charge is 0.170 e. The molecule has 22 heavy (non-hydrogen) atoms. The monoisotopic (exact) mass is 345 g/mol. The Hall–Kier alpha value is -1.88. The van der Waals surface area contributed by atoms with Gasteiger partial charge >= 0.3 is 6.18 Å². The van der Waals surface area contributed by atoms with Crippen LogP contribution in [0.25, 0.3) is 10.4 Å². The van der Waals surface area contributed by atoms with Crippen LogP contribution in [0.15, 0.2) is 53.6 Å². The second-order valence-corrected chi connectivity index (χ2v) is 5.28. The van der Waals surface area contributed by atoms with E-state index in [9.17, 15) is 13.2 Å². The first-order valence-electron chi connectivity index (χ1n) is 5.96. The van der Waals surface area contributed by atoms with Gasteiger partial charge in [-0.05, 0) is 40.9 Å². The summed E-state index contributed by atoms with van der Waals surface area (Å²) in [5, 5.41) is 3.65. The van der Waals surface area contributed by atoms with E-state index >= 15 is 0 Å². The predicted molar refractivity (Wildman–Crippen MR) is 78.9 cm³/mol. The highest BCUT2D eigenvalue weighted by atomic mass is 35.5. The number of rotatable bonds is 3. The molecular weight excluding hydrogens is 338 g/mol. The molecule has 0 N–H and O–H groups in total. The highest BCUT2D eigenvalue weighted by Gasteiger charge is 2.57. The first kappa shape index (κ1) is 16.5. The summed E-state index contributed by atoms with van der Waals surface area (Å²) in [5.74, 6) is 0. The van der Waals surface area contributed by atoms with Crippen LogP contribution in [0.3, 0.4) is 0 Å². The summed E-state index contributed by atoms with van der Waals surface area (Å²) in [6.45, 7) is 0. The van der Waals surface area contributed by atoms with Crippen LogP contribution in [0.5, 0.6) is 0 Å². The van der Waals surface area contributed by atoms with Crippen molar-refractivity contribution in [1.29, 1.82) is 0 Å². The highest BCUT2D eigenvalue weighted by molar-refractivity contribution is 6.30. The minimum Gasteiger partial charge on any atom is -0.170 e. The summed E-state index contributed by atoms with van der Waals surface area (Å²) in [6.07, 6.45) is -4.85. The molecule has 0 aliphatic heterocycles. The average molecular weight is 346 g/mol. The van der Waals surface area contributed by atoms with Crippen molar-refractivity contribution >= 4 is 23.2 Å². The molecule has 0 spiro atoms. The van der Waals surface area contributed by atoms with Crippen molar-refractivity contribution in [1.82, 2.24) is 0 Å². The van der Waals surface area contributed by atoms with Crippen LogP contribution in [0.1, 0.15) is 11.1 Å². The molecule has 0 saturated carbocycles. The molecular formula is C14H8Cl2F3N3. The van der Waals surface area contributed by atoms with Crippen LogP contribution in [0.4, 0.5) is 13.2 Å². The van der Waals surface area contributed by atoms with Crippen molar-refractivity contribution in [2.75, 3.05) is 0 Å². The molecule has 0 amide bonds. The van der Waals surface area contributed by atoms with Crippen molar-refractivity contribution in [3.63, 3.8) is 0 Å². The zero-order chi connectivity index (χ0) is 16.4. The van der Waals surface area contributed by atoms with Gasteiger partial charge in [-0.2, -0.15) is 13.2 Å². The summed E-state index contributed by atoms with van der Waals surface area (Å²) in [4.78, 5) is 2.41. The molecule has 0 heterocycles. The zero-order valence-electron chi connectivity index (χ0n) is 10.9. The molecule has 0 fully saturated rings. The molecule has 0 radical (unpaired) electrons. The molecule has 114 valence electrons. The summed E-state index contributed by atoms with van der Waals surface area (Å²) < 4.78 is 41.4. The Kier molecular flexibility index (Phi) is 4.56. The van der Waals surface area contributed by atoms with Gasteiger partial charge in [0.05, 0.1) is 0 Å². The Morgan fingerprint density at radius 3 is 1.45 bits per heavy atom. The quantitative estimate of drug-likeness (QED) is 0.366. The maximum atomic E-state index is 13.8. The second kappa shape index (κ2) is 6.08. The molecule has 2 aromatic rings. The summed E-state index contributed by atoms with van der Waals surface area (Å²) >= 11 is 11.4. The molecule has 8 heteroatoms. The van der Waals surface area contributed by atoms with Crippen LogP contribution in [0.2, 0.25) is 10.0 Å². The first-order chi connectivity index (χ1) is 10.3. The van der Waals surface area contributed by atoms with Crippen molar-refractivity contribution in [2.24, 2.45) is 5.11 Å². The van der Waals surface area contributed by atoms with Gasteiger partial charge in [-0.15, -0.1) is 0 Å². The number of halogens is 5. The number of alkyl halides is 3. The lowest BCUT2D eigenvalue weighted by Gasteiger charge is -2.32. The van der Waals surface area contributed by atoms with Crippen molar-refractivity contribution in [3.8, 4) is 0 Å². The standard InChI is InChI=1S/C14H8Cl2F3N3/c15-11-5-1-9(2-6-11)13(21-22-20,14(17,18)19)10-3-7-12(16)8-4-10/h1-8H. The zero-order valence-corrected chi connectivity index (χ0v) is 12.4. The van der Waals surface area contributed by atoms with Crippen LogP contribution in [0, 0.1) is 0 Å². The number of hydrogen-bond donors (Lipinski definition) is 0. The van der Waals surface area contributed by atoms with Gasteiger partial charge in [0.15, 0.2) is 5.54 Å². The van der Waals surface area contributed by atoms with E-state index in [-0.39, 0.29) is 21.2 Å². The lowest BCUT2D eigenvalue weighted by Crippen LogP contribution is -2.41. The highest BCUT2D eigenvalue weighted by Crippen LogP contribution is 2.48. The molecule has 0 atom stereocenters. The van der Waals surface area contributed by atoms with E-state index in [0.717, 1.165) is 0 Å². The van der Waals surface area contributed by atoms with Crippen LogP contribution in [-0.2, 0) is 5.54 Å². The molecule has 0 aliphatic carbocycles. The largest absolute Gasteiger partial charge is 0.408 e. The van der Waals surface area contributed by atoms with Gasteiger partial charge < -0.3 is 0 Å². The molecule has 2 aromatic carbocycles. The number of hydrogen-bond acceptors (Lipinski definition) is 1. The Morgan fingerprint density at radius 2 is 1.18 bits per heavy atom. The minimum absolute atomic E-state index is 0.232. The Bertz CT molecular complexity index is 660. The fourth-order valence-electron chi connectivity index (χ4n) is 2.12. The van der Waals surface area contributed by atoms with Crippen LogP contribution < -0.4 is 0 Å². The molecule has 0 unspecified atom stereocenters. The number of azide groups is 1. The van der Waals surface area contributed by atoms with E-state index in [4.69, 9.17) is 28.7 Å². The Morgan fingerprint density at radius 1 is 0.818 bits per heavy atom. The first-order valence-corrected chi connectivity index (χ1v) is 6.72. The van der Waals surface area contributed by atoms with Gasteiger partial charge in [0.1, 0.15) is 0 Å². The summed E-state index contributed by atoms with van der Waals surface area (Å²) in [5.41, 5.74) is 5.39. The second-order valence-electron chi connectivity index (χ2n) is 4.41. The van der Waals surface area contributed by atoms with Crippen LogP contribution >= 0.6 is 23.2 Å². The van der Waals surface area contributed by atoms with E-state index in [2.05, 4.69) is 10.0 Å². The maximum absolute atomic E-state index is 13.8. The van der Waals surface area contributed by atoms with E-state index in [1.165, 1.54) is 48.5 Å². The van der Waals surface area contributed by atoms with Gasteiger partial charge in [-0.3, -0.25) is 0 Å². The third-order valence-electron chi connectivity index (χ3n) is 3.13. The minimum atomic E-state index is -4.85. The molecule has 0 aromatic heterocycles. The van der Waals surface area contributed by atoms with Gasteiger partial charge in [-0.1, -0.05) is 52.6 Å². The summed E-state index contributed by atoms with van der Waals surface area (Å²) in [7, 11) is 0. The molecule has 2 rings (SSSR count). The van der Waals surface area contributed by atoms with Crippen molar-refractivity contribution in [3.05, 3.63) is 80.1 Å². The van der Waals surface area contributed by atoms with Gasteiger partial charge in [0.25, 0.3) is 0 Å².